The number of amides is 2. The van der Waals surface area contributed by atoms with Gasteiger partial charge < -0.3 is 15.3 Å². The molecule has 0 saturated carbocycles. The Kier molecular flexibility index (Phi) is 3.61. The minimum Gasteiger partial charge on any atom is -0.480 e. The molecular formula is C13H14N4O3S. The summed E-state index contributed by atoms with van der Waals surface area (Å²) >= 11 is 1.72. The summed E-state index contributed by atoms with van der Waals surface area (Å²) in [6.07, 6.45) is 3.82. The maximum atomic E-state index is 12.2. The summed E-state index contributed by atoms with van der Waals surface area (Å²) in [5.74, 6) is -0.975. The van der Waals surface area contributed by atoms with E-state index in [4.69, 9.17) is 5.11 Å². The van der Waals surface area contributed by atoms with Gasteiger partial charge in [-0.05, 0) is 23.4 Å². The summed E-state index contributed by atoms with van der Waals surface area (Å²) in [5.41, 5.74) is 1.69. The molecule has 7 nitrogen and oxygen atoms in total. The second kappa shape index (κ2) is 5.57. The van der Waals surface area contributed by atoms with E-state index in [0.717, 1.165) is 6.42 Å². The topological polar surface area (TPSA) is 87.5 Å². The normalized spacial score (nSPS) is 13.8. The van der Waals surface area contributed by atoms with Gasteiger partial charge in [-0.2, -0.15) is 5.10 Å². The van der Waals surface area contributed by atoms with Crippen molar-refractivity contribution in [1.82, 2.24) is 14.7 Å². The van der Waals surface area contributed by atoms with Crippen LogP contribution in [0.15, 0.2) is 23.8 Å². The van der Waals surface area contributed by atoms with Crippen molar-refractivity contribution in [3.8, 4) is 0 Å². The van der Waals surface area contributed by atoms with Gasteiger partial charge in [0.2, 0.25) is 0 Å². The van der Waals surface area contributed by atoms with E-state index in [1.54, 1.807) is 16.2 Å². The number of carbonyl (C=O) groups excluding carboxylic acids is 1. The Morgan fingerprint density at radius 1 is 1.48 bits per heavy atom. The number of hydrogen-bond acceptors (Lipinski definition) is 4. The highest BCUT2D eigenvalue weighted by Gasteiger charge is 2.21. The van der Waals surface area contributed by atoms with Crippen LogP contribution in [-0.4, -0.2) is 38.3 Å². The number of rotatable bonds is 3. The largest absolute Gasteiger partial charge is 0.480 e. The molecule has 21 heavy (non-hydrogen) atoms. The van der Waals surface area contributed by atoms with Crippen LogP contribution in [0.2, 0.25) is 0 Å². The van der Waals surface area contributed by atoms with E-state index < -0.39 is 5.97 Å². The van der Waals surface area contributed by atoms with Crippen LogP contribution >= 0.6 is 11.3 Å². The summed E-state index contributed by atoms with van der Waals surface area (Å²) in [5, 5.41) is 17.4. The minimum atomic E-state index is -0.975. The second-order valence-corrected chi connectivity index (χ2v) is 5.79. The number of thiophene rings is 1. The number of aliphatic carboxylic acids is 1. The van der Waals surface area contributed by atoms with E-state index in [0.29, 0.717) is 18.8 Å². The Labute approximate surface area is 124 Å². The lowest BCUT2D eigenvalue weighted by Gasteiger charge is -2.26. The molecule has 1 aliphatic rings. The first kappa shape index (κ1) is 13.6. The van der Waals surface area contributed by atoms with Gasteiger partial charge >= 0.3 is 12.0 Å². The lowest BCUT2D eigenvalue weighted by molar-refractivity contribution is -0.137. The fourth-order valence-corrected chi connectivity index (χ4v) is 3.17. The Morgan fingerprint density at radius 3 is 3.14 bits per heavy atom. The Bertz CT molecular complexity index is 679. The van der Waals surface area contributed by atoms with Crippen molar-refractivity contribution in [2.75, 3.05) is 11.9 Å². The van der Waals surface area contributed by atoms with Crippen molar-refractivity contribution in [2.45, 2.75) is 19.5 Å². The van der Waals surface area contributed by atoms with Crippen molar-refractivity contribution in [1.29, 1.82) is 0 Å². The molecule has 3 rings (SSSR count). The highest BCUT2D eigenvalue weighted by atomic mass is 32.1. The molecular weight excluding hydrogens is 292 g/mol. The second-order valence-electron chi connectivity index (χ2n) is 4.79. The number of urea groups is 1. The number of carboxylic acid groups (broad SMARTS) is 1. The number of aromatic nitrogens is 2. The molecule has 0 aromatic carbocycles. The molecule has 2 N–H and O–H groups in total. The van der Waals surface area contributed by atoms with Crippen LogP contribution in [0.5, 0.6) is 0 Å². The van der Waals surface area contributed by atoms with E-state index in [1.165, 1.54) is 27.5 Å². The molecule has 0 spiro atoms. The van der Waals surface area contributed by atoms with Crippen LogP contribution < -0.4 is 5.32 Å². The molecule has 0 atom stereocenters. The lowest BCUT2D eigenvalue weighted by atomic mass is 10.1. The molecule has 8 heteroatoms. The standard InChI is InChI=1S/C13H14N4O3S/c18-12(19)8-17-7-10(5-14-17)15-13(20)16-3-1-11-9(6-16)2-4-21-11/h2,4-5,7H,1,3,6,8H2,(H,15,20)(H,18,19). The van der Waals surface area contributed by atoms with Gasteiger partial charge in [0.1, 0.15) is 6.54 Å². The van der Waals surface area contributed by atoms with Crippen molar-refractivity contribution in [3.05, 3.63) is 34.3 Å². The van der Waals surface area contributed by atoms with E-state index >= 15 is 0 Å². The first-order chi connectivity index (χ1) is 10.1. The van der Waals surface area contributed by atoms with Crippen molar-refractivity contribution >= 4 is 29.0 Å². The molecule has 110 valence electrons. The van der Waals surface area contributed by atoms with E-state index in [2.05, 4.69) is 10.4 Å². The van der Waals surface area contributed by atoms with Gasteiger partial charge in [-0.15, -0.1) is 11.3 Å². The molecule has 2 aromatic rings. The summed E-state index contributed by atoms with van der Waals surface area (Å²) in [7, 11) is 0. The summed E-state index contributed by atoms with van der Waals surface area (Å²) in [4.78, 5) is 25.9. The van der Waals surface area contributed by atoms with Crippen molar-refractivity contribution in [3.63, 3.8) is 0 Å². The quantitative estimate of drug-likeness (QED) is 0.902. The van der Waals surface area contributed by atoms with Gasteiger partial charge in [-0.25, -0.2) is 4.79 Å². The molecule has 0 fully saturated rings. The van der Waals surface area contributed by atoms with Crippen LogP contribution in [-0.2, 0) is 24.3 Å². The molecule has 2 amide bonds. The Balaban J connectivity index is 1.62. The number of nitrogens with one attached hydrogen (secondary N) is 1. The molecule has 1 aliphatic heterocycles. The van der Waals surface area contributed by atoms with E-state index in [9.17, 15) is 9.59 Å². The van der Waals surface area contributed by atoms with Gasteiger partial charge in [-0.1, -0.05) is 0 Å². The maximum Gasteiger partial charge on any atom is 0.325 e. The fourth-order valence-electron chi connectivity index (χ4n) is 2.28. The molecule has 2 aromatic heterocycles. The zero-order chi connectivity index (χ0) is 14.8. The zero-order valence-corrected chi connectivity index (χ0v) is 12.0. The predicted molar refractivity (Wildman–Crippen MR) is 77.3 cm³/mol. The minimum absolute atomic E-state index is 0.193. The third-order valence-corrected chi connectivity index (χ3v) is 4.30. The number of hydrogen-bond donors (Lipinski definition) is 2. The van der Waals surface area contributed by atoms with E-state index in [-0.39, 0.29) is 12.6 Å². The number of carbonyl (C=O) groups is 2. The Hall–Kier alpha value is -2.35. The van der Waals surface area contributed by atoms with Crippen LogP contribution in [0, 0.1) is 0 Å². The third-order valence-electron chi connectivity index (χ3n) is 3.28. The van der Waals surface area contributed by atoms with Gasteiger partial charge in [0.25, 0.3) is 0 Å². The van der Waals surface area contributed by atoms with Gasteiger partial charge in [0.15, 0.2) is 0 Å². The molecule has 0 bridgehead atoms. The van der Waals surface area contributed by atoms with Crippen LogP contribution in [0.3, 0.4) is 0 Å². The van der Waals surface area contributed by atoms with Crippen molar-refractivity contribution < 1.29 is 14.7 Å². The van der Waals surface area contributed by atoms with Gasteiger partial charge in [-0.3, -0.25) is 9.48 Å². The summed E-state index contributed by atoms with van der Waals surface area (Å²) in [6.45, 7) is 1.06. The SMILES string of the molecule is O=C(O)Cn1cc(NC(=O)N2CCc3sccc3C2)cn1. The third kappa shape index (κ3) is 3.05. The molecule has 0 radical (unpaired) electrons. The zero-order valence-electron chi connectivity index (χ0n) is 11.2. The first-order valence-corrected chi connectivity index (χ1v) is 7.35. The van der Waals surface area contributed by atoms with E-state index in [1.807, 2.05) is 11.4 Å². The highest BCUT2D eigenvalue weighted by Crippen LogP contribution is 2.24. The van der Waals surface area contributed by atoms with Crippen LogP contribution in [0.4, 0.5) is 10.5 Å². The van der Waals surface area contributed by atoms with Crippen LogP contribution in [0.1, 0.15) is 10.4 Å². The number of nitrogens with zero attached hydrogens (tertiary/aromatic N) is 3. The predicted octanol–water partition coefficient (Wildman–Crippen LogP) is 1.62. The number of anilines is 1. The van der Waals surface area contributed by atoms with Gasteiger partial charge in [0, 0.05) is 24.2 Å². The Morgan fingerprint density at radius 2 is 2.33 bits per heavy atom. The molecule has 0 saturated heterocycles. The van der Waals surface area contributed by atoms with Crippen LogP contribution in [0.25, 0.3) is 0 Å². The summed E-state index contributed by atoms with van der Waals surface area (Å²) in [6, 6.07) is 1.85. The average Bonchev–Trinajstić information content (AvgIpc) is 3.06. The number of fused-ring (bicyclic) bond motifs is 1. The molecule has 3 heterocycles. The first-order valence-electron chi connectivity index (χ1n) is 6.47. The maximum absolute atomic E-state index is 12.2. The fraction of sp³-hybridized carbons (Fsp3) is 0.308. The number of carboxylic acids is 1. The molecule has 0 aliphatic carbocycles. The molecule has 0 unspecified atom stereocenters. The highest BCUT2D eigenvalue weighted by molar-refractivity contribution is 7.10. The average molecular weight is 306 g/mol. The lowest BCUT2D eigenvalue weighted by Crippen LogP contribution is -2.38. The monoisotopic (exact) mass is 306 g/mol. The van der Waals surface area contributed by atoms with Crippen molar-refractivity contribution in [2.24, 2.45) is 0 Å². The van der Waals surface area contributed by atoms with Gasteiger partial charge in [0.05, 0.1) is 11.9 Å². The smallest absolute Gasteiger partial charge is 0.325 e. The summed E-state index contributed by atoms with van der Waals surface area (Å²) < 4.78 is 1.27.